The SMILES string of the molecule is Cc1ccc(CC(=O)O[C@H](C)C(=O)NC(=O)NCc2ccccc2)cc1. The summed E-state index contributed by atoms with van der Waals surface area (Å²) < 4.78 is 5.08. The van der Waals surface area contributed by atoms with Gasteiger partial charge in [0.2, 0.25) is 0 Å². The molecular weight excluding hydrogens is 332 g/mol. The molecule has 0 unspecified atom stereocenters. The van der Waals surface area contributed by atoms with Crippen molar-refractivity contribution >= 4 is 17.9 Å². The number of carbonyl (C=O) groups excluding carboxylic acids is 3. The summed E-state index contributed by atoms with van der Waals surface area (Å²) in [4.78, 5) is 35.6. The molecule has 0 aromatic heterocycles. The fraction of sp³-hybridized carbons (Fsp3) is 0.250. The second kappa shape index (κ2) is 9.36. The van der Waals surface area contributed by atoms with Crippen LogP contribution in [0.1, 0.15) is 23.6 Å². The molecule has 6 nitrogen and oxygen atoms in total. The maximum absolute atomic E-state index is 11.9. The summed E-state index contributed by atoms with van der Waals surface area (Å²) in [6.07, 6.45) is -0.992. The van der Waals surface area contributed by atoms with Crippen molar-refractivity contribution in [3.05, 3.63) is 71.3 Å². The van der Waals surface area contributed by atoms with Gasteiger partial charge in [-0.05, 0) is 25.0 Å². The average molecular weight is 354 g/mol. The minimum absolute atomic E-state index is 0.0676. The molecule has 0 saturated heterocycles. The Hall–Kier alpha value is -3.15. The van der Waals surface area contributed by atoms with Crippen LogP contribution in [0.15, 0.2) is 54.6 Å². The number of ether oxygens (including phenoxy) is 1. The Bertz CT molecular complexity index is 757. The van der Waals surface area contributed by atoms with E-state index in [1.54, 1.807) is 0 Å². The molecule has 0 spiro atoms. The molecule has 2 aromatic rings. The number of urea groups is 1. The van der Waals surface area contributed by atoms with Crippen molar-refractivity contribution in [2.75, 3.05) is 0 Å². The zero-order valence-electron chi connectivity index (χ0n) is 14.8. The number of nitrogens with one attached hydrogen (secondary N) is 2. The summed E-state index contributed by atoms with van der Waals surface area (Å²) in [6.45, 7) is 3.67. The van der Waals surface area contributed by atoms with Gasteiger partial charge in [0, 0.05) is 6.54 Å². The summed E-state index contributed by atoms with van der Waals surface area (Å²) in [7, 11) is 0. The van der Waals surface area contributed by atoms with Gasteiger partial charge in [-0.3, -0.25) is 14.9 Å². The van der Waals surface area contributed by atoms with E-state index in [9.17, 15) is 14.4 Å². The maximum Gasteiger partial charge on any atom is 0.321 e. The van der Waals surface area contributed by atoms with Gasteiger partial charge >= 0.3 is 12.0 Å². The highest BCUT2D eigenvalue weighted by Crippen LogP contribution is 2.06. The number of hydrogen-bond donors (Lipinski definition) is 2. The molecule has 0 bridgehead atoms. The third kappa shape index (κ3) is 6.39. The van der Waals surface area contributed by atoms with Gasteiger partial charge in [0.1, 0.15) is 0 Å². The van der Waals surface area contributed by atoms with Gasteiger partial charge in [-0.25, -0.2) is 4.79 Å². The Balaban J connectivity index is 1.74. The van der Waals surface area contributed by atoms with Crippen molar-refractivity contribution in [2.24, 2.45) is 0 Å². The Morgan fingerprint density at radius 3 is 2.27 bits per heavy atom. The Morgan fingerprint density at radius 1 is 0.962 bits per heavy atom. The molecule has 0 fully saturated rings. The van der Waals surface area contributed by atoms with Crippen molar-refractivity contribution in [1.82, 2.24) is 10.6 Å². The second-order valence-corrected chi connectivity index (χ2v) is 5.95. The number of imide groups is 1. The van der Waals surface area contributed by atoms with Gasteiger partial charge in [-0.1, -0.05) is 60.2 Å². The highest BCUT2D eigenvalue weighted by atomic mass is 16.5. The fourth-order valence-electron chi connectivity index (χ4n) is 2.20. The maximum atomic E-state index is 11.9. The van der Waals surface area contributed by atoms with Crippen LogP contribution in [0.4, 0.5) is 4.79 Å². The van der Waals surface area contributed by atoms with Crippen LogP contribution in [0.5, 0.6) is 0 Å². The van der Waals surface area contributed by atoms with Crippen LogP contribution in [-0.4, -0.2) is 24.0 Å². The first-order valence-electron chi connectivity index (χ1n) is 8.31. The summed E-state index contributed by atoms with van der Waals surface area (Å²) in [5, 5.41) is 4.73. The molecule has 2 aromatic carbocycles. The van der Waals surface area contributed by atoms with Crippen LogP contribution in [0, 0.1) is 6.92 Å². The second-order valence-electron chi connectivity index (χ2n) is 5.95. The molecule has 0 heterocycles. The van der Waals surface area contributed by atoms with E-state index in [1.807, 2.05) is 61.5 Å². The van der Waals surface area contributed by atoms with Crippen molar-refractivity contribution in [3.8, 4) is 0 Å². The minimum atomic E-state index is -1.06. The van der Waals surface area contributed by atoms with E-state index < -0.39 is 24.0 Å². The lowest BCUT2D eigenvalue weighted by atomic mass is 10.1. The predicted molar refractivity (Wildman–Crippen MR) is 97.3 cm³/mol. The standard InChI is InChI=1S/C20H22N2O4/c1-14-8-10-16(11-9-14)12-18(23)26-15(2)19(24)22-20(25)21-13-17-6-4-3-5-7-17/h3-11,15H,12-13H2,1-2H3,(H2,21,22,24,25)/t15-/m1/s1. The monoisotopic (exact) mass is 354 g/mol. The molecule has 6 heteroatoms. The minimum Gasteiger partial charge on any atom is -0.452 e. The molecule has 0 aliphatic heterocycles. The van der Waals surface area contributed by atoms with E-state index in [0.29, 0.717) is 6.54 Å². The molecule has 0 saturated carbocycles. The Morgan fingerprint density at radius 2 is 1.62 bits per heavy atom. The highest BCUT2D eigenvalue weighted by molar-refractivity contribution is 5.97. The summed E-state index contributed by atoms with van der Waals surface area (Å²) in [5.74, 6) is -1.20. The smallest absolute Gasteiger partial charge is 0.321 e. The summed E-state index contributed by atoms with van der Waals surface area (Å²) >= 11 is 0. The van der Waals surface area contributed by atoms with Crippen LogP contribution >= 0.6 is 0 Å². The molecular formula is C20H22N2O4. The van der Waals surface area contributed by atoms with Crippen LogP contribution in [0.2, 0.25) is 0 Å². The van der Waals surface area contributed by atoms with Gasteiger partial charge in [-0.15, -0.1) is 0 Å². The quantitative estimate of drug-likeness (QED) is 0.781. The summed E-state index contributed by atoms with van der Waals surface area (Å²) in [5.41, 5.74) is 2.80. The van der Waals surface area contributed by atoms with E-state index >= 15 is 0 Å². The van der Waals surface area contributed by atoms with Crippen LogP contribution in [0.3, 0.4) is 0 Å². The molecule has 0 aliphatic rings. The van der Waals surface area contributed by atoms with Crippen molar-refractivity contribution in [3.63, 3.8) is 0 Å². The first-order valence-corrected chi connectivity index (χ1v) is 8.31. The Labute approximate surface area is 152 Å². The van der Waals surface area contributed by atoms with E-state index in [-0.39, 0.29) is 6.42 Å². The van der Waals surface area contributed by atoms with Gasteiger partial charge in [0.15, 0.2) is 6.10 Å². The van der Waals surface area contributed by atoms with E-state index in [2.05, 4.69) is 10.6 Å². The molecule has 136 valence electrons. The predicted octanol–water partition coefficient (Wildman–Crippen LogP) is 2.50. The number of aryl methyl sites for hydroxylation is 1. The number of esters is 1. The van der Waals surface area contributed by atoms with Crippen LogP contribution in [-0.2, 0) is 27.3 Å². The molecule has 0 aliphatic carbocycles. The lowest BCUT2D eigenvalue weighted by Crippen LogP contribution is -2.44. The molecule has 3 amide bonds. The lowest BCUT2D eigenvalue weighted by Gasteiger charge is -2.13. The van der Waals surface area contributed by atoms with Gasteiger partial charge in [0.25, 0.3) is 5.91 Å². The largest absolute Gasteiger partial charge is 0.452 e. The summed E-state index contributed by atoms with van der Waals surface area (Å²) in [6, 6.07) is 16.1. The van der Waals surface area contributed by atoms with Crippen molar-refractivity contribution in [2.45, 2.75) is 32.9 Å². The third-order valence-corrected chi connectivity index (χ3v) is 3.68. The molecule has 26 heavy (non-hydrogen) atoms. The molecule has 1 atom stereocenters. The molecule has 2 N–H and O–H groups in total. The van der Waals surface area contributed by atoms with E-state index in [0.717, 1.165) is 16.7 Å². The fourth-order valence-corrected chi connectivity index (χ4v) is 2.20. The molecule has 2 rings (SSSR count). The van der Waals surface area contributed by atoms with Crippen LogP contribution in [0.25, 0.3) is 0 Å². The Kier molecular flexibility index (Phi) is 6.91. The third-order valence-electron chi connectivity index (χ3n) is 3.68. The molecule has 0 radical (unpaired) electrons. The zero-order valence-corrected chi connectivity index (χ0v) is 14.8. The van der Waals surface area contributed by atoms with Crippen molar-refractivity contribution < 1.29 is 19.1 Å². The zero-order chi connectivity index (χ0) is 18.9. The first kappa shape index (κ1) is 19.2. The number of carbonyl (C=O) groups is 3. The van der Waals surface area contributed by atoms with E-state index in [4.69, 9.17) is 4.74 Å². The average Bonchev–Trinajstić information content (AvgIpc) is 2.62. The van der Waals surface area contributed by atoms with Gasteiger partial charge < -0.3 is 10.1 Å². The number of hydrogen-bond acceptors (Lipinski definition) is 4. The first-order chi connectivity index (χ1) is 12.4. The highest BCUT2D eigenvalue weighted by Gasteiger charge is 2.20. The van der Waals surface area contributed by atoms with Gasteiger partial charge in [-0.2, -0.15) is 0 Å². The van der Waals surface area contributed by atoms with Crippen LogP contribution < -0.4 is 10.6 Å². The topological polar surface area (TPSA) is 84.5 Å². The number of benzene rings is 2. The van der Waals surface area contributed by atoms with E-state index in [1.165, 1.54) is 6.92 Å². The normalized spacial score (nSPS) is 11.3. The lowest BCUT2D eigenvalue weighted by molar-refractivity contribution is -0.153. The van der Waals surface area contributed by atoms with Gasteiger partial charge in [0.05, 0.1) is 6.42 Å². The van der Waals surface area contributed by atoms with Crippen molar-refractivity contribution in [1.29, 1.82) is 0 Å². The number of rotatable bonds is 6. The number of amides is 3.